The molecule has 0 fully saturated rings. The van der Waals surface area contributed by atoms with E-state index < -0.39 is 0 Å². The summed E-state index contributed by atoms with van der Waals surface area (Å²) in [5.74, 6) is 0.397. The molecule has 0 radical (unpaired) electrons. The van der Waals surface area contributed by atoms with Crippen molar-refractivity contribution in [2.45, 2.75) is 11.4 Å². The Labute approximate surface area is 123 Å². The van der Waals surface area contributed by atoms with Gasteiger partial charge in [0.25, 0.3) is 5.56 Å². The van der Waals surface area contributed by atoms with E-state index in [9.17, 15) is 9.18 Å². The van der Waals surface area contributed by atoms with E-state index in [0.29, 0.717) is 22.6 Å². The van der Waals surface area contributed by atoms with Crippen molar-refractivity contribution in [1.29, 1.82) is 0 Å². The molecule has 0 unspecified atom stereocenters. The first-order valence-electron chi connectivity index (χ1n) is 6.05. The summed E-state index contributed by atoms with van der Waals surface area (Å²) in [5.41, 5.74) is -0.0367. The van der Waals surface area contributed by atoms with Crippen LogP contribution in [-0.4, -0.2) is 15.3 Å². The lowest BCUT2D eigenvalue weighted by atomic mass is 10.3. The van der Waals surface area contributed by atoms with Gasteiger partial charge in [0.2, 0.25) is 0 Å². The number of halogens is 1. The van der Waals surface area contributed by atoms with Crippen LogP contribution in [0.2, 0.25) is 0 Å². The largest absolute Gasteiger partial charge is 0.298 e. The van der Waals surface area contributed by atoms with Gasteiger partial charge in [0, 0.05) is 17.2 Å². The Balaban J connectivity index is 1.73. The standard InChI is InChI=1S/C14H11FN2OS2/c15-11-3-1-2-4-12(11)19-8-6-17-9-16-13-10(14(17)18)5-7-20-13/h1-5,7,9H,6,8H2. The number of hydrogen-bond donors (Lipinski definition) is 0. The molecule has 6 heteroatoms. The third kappa shape index (κ3) is 2.62. The summed E-state index contributed by atoms with van der Waals surface area (Å²) in [6.07, 6.45) is 1.56. The molecule has 20 heavy (non-hydrogen) atoms. The van der Waals surface area contributed by atoms with Crippen LogP contribution in [0.5, 0.6) is 0 Å². The molecule has 0 saturated carbocycles. The van der Waals surface area contributed by atoms with Crippen molar-refractivity contribution in [2.24, 2.45) is 0 Å². The Hall–Kier alpha value is -1.66. The fourth-order valence-electron chi connectivity index (χ4n) is 1.87. The zero-order valence-corrected chi connectivity index (χ0v) is 12.1. The van der Waals surface area contributed by atoms with Gasteiger partial charge in [0.15, 0.2) is 0 Å². The topological polar surface area (TPSA) is 34.9 Å². The molecule has 0 atom stereocenters. The van der Waals surface area contributed by atoms with Crippen LogP contribution in [-0.2, 0) is 6.54 Å². The highest BCUT2D eigenvalue weighted by atomic mass is 32.2. The van der Waals surface area contributed by atoms with Gasteiger partial charge in [-0.3, -0.25) is 9.36 Å². The SMILES string of the molecule is O=c1c2ccsc2ncn1CCSc1ccccc1F. The Morgan fingerprint density at radius 3 is 3.00 bits per heavy atom. The van der Waals surface area contributed by atoms with Crippen molar-refractivity contribution in [3.05, 3.63) is 58.2 Å². The normalized spacial score (nSPS) is 11.1. The Morgan fingerprint density at radius 1 is 1.30 bits per heavy atom. The van der Waals surface area contributed by atoms with Crippen molar-refractivity contribution in [3.8, 4) is 0 Å². The number of rotatable bonds is 4. The van der Waals surface area contributed by atoms with Gasteiger partial charge >= 0.3 is 0 Å². The molecular weight excluding hydrogens is 295 g/mol. The molecule has 2 aromatic heterocycles. The summed E-state index contributed by atoms with van der Waals surface area (Å²) < 4.78 is 15.0. The summed E-state index contributed by atoms with van der Waals surface area (Å²) in [7, 11) is 0. The van der Waals surface area contributed by atoms with Gasteiger partial charge in [-0.15, -0.1) is 23.1 Å². The van der Waals surface area contributed by atoms with Gasteiger partial charge in [-0.25, -0.2) is 9.37 Å². The average Bonchev–Trinajstić information content (AvgIpc) is 2.93. The molecule has 0 aliphatic rings. The number of thioether (sulfide) groups is 1. The fourth-order valence-corrected chi connectivity index (χ4v) is 3.48. The molecule has 0 aliphatic carbocycles. The summed E-state index contributed by atoms with van der Waals surface area (Å²) in [5, 5.41) is 2.51. The second kappa shape index (κ2) is 5.76. The maximum Gasteiger partial charge on any atom is 0.262 e. The van der Waals surface area contributed by atoms with Crippen LogP contribution in [0.1, 0.15) is 0 Å². The maximum absolute atomic E-state index is 13.5. The van der Waals surface area contributed by atoms with Gasteiger partial charge in [0.1, 0.15) is 10.6 Å². The predicted octanol–water partition coefficient (Wildman–Crippen LogP) is 3.39. The minimum atomic E-state index is -0.226. The van der Waals surface area contributed by atoms with E-state index in [-0.39, 0.29) is 11.4 Å². The molecule has 102 valence electrons. The first-order chi connectivity index (χ1) is 9.75. The zero-order chi connectivity index (χ0) is 13.9. The molecule has 2 heterocycles. The lowest BCUT2D eigenvalue weighted by molar-refractivity contribution is 0.601. The Morgan fingerprint density at radius 2 is 2.15 bits per heavy atom. The van der Waals surface area contributed by atoms with Crippen LogP contribution in [0.4, 0.5) is 4.39 Å². The Bertz CT molecular complexity index is 797. The van der Waals surface area contributed by atoms with Crippen LogP contribution < -0.4 is 5.56 Å². The molecule has 0 aliphatic heterocycles. The van der Waals surface area contributed by atoms with Crippen LogP contribution in [0.15, 0.2) is 51.7 Å². The number of aryl methyl sites for hydroxylation is 1. The fraction of sp³-hybridized carbons (Fsp3) is 0.143. The van der Waals surface area contributed by atoms with E-state index in [1.807, 2.05) is 5.38 Å². The van der Waals surface area contributed by atoms with Crippen LogP contribution in [0.25, 0.3) is 10.2 Å². The zero-order valence-electron chi connectivity index (χ0n) is 10.5. The van der Waals surface area contributed by atoms with E-state index >= 15 is 0 Å². The third-order valence-corrected chi connectivity index (χ3v) is 4.73. The van der Waals surface area contributed by atoms with E-state index in [1.54, 1.807) is 35.2 Å². The van der Waals surface area contributed by atoms with Crippen molar-refractivity contribution in [2.75, 3.05) is 5.75 Å². The lowest BCUT2D eigenvalue weighted by Gasteiger charge is -2.05. The third-order valence-electron chi connectivity index (χ3n) is 2.88. The molecule has 3 rings (SSSR count). The molecule has 3 aromatic rings. The van der Waals surface area contributed by atoms with Gasteiger partial charge in [-0.05, 0) is 23.6 Å². The highest BCUT2D eigenvalue weighted by Crippen LogP contribution is 2.21. The predicted molar refractivity (Wildman–Crippen MR) is 81.0 cm³/mol. The number of aromatic nitrogens is 2. The monoisotopic (exact) mass is 306 g/mol. The van der Waals surface area contributed by atoms with Crippen LogP contribution in [0, 0.1) is 5.82 Å². The van der Waals surface area contributed by atoms with Gasteiger partial charge in [0.05, 0.1) is 11.7 Å². The second-order valence-corrected chi connectivity index (χ2v) is 6.19. The molecule has 0 bridgehead atoms. The lowest BCUT2D eigenvalue weighted by Crippen LogP contribution is -2.20. The average molecular weight is 306 g/mol. The second-order valence-electron chi connectivity index (χ2n) is 4.16. The quantitative estimate of drug-likeness (QED) is 0.693. The summed E-state index contributed by atoms with van der Waals surface area (Å²) in [4.78, 5) is 17.7. The number of thiophene rings is 1. The molecular formula is C14H11FN2OS2. The van der Waals surface area contributed by atoms with Gasteiger partial charge in [-0.2, -0.15) is 0 Å². The maximum atomic E-state index is 13.5. The van der Waals surface area contributed by atoms with Crippen molar-refractivity contribution in [1.82, 2.24) is 9.55 Å². The highest BCUT2D eigenvalue weighted by molar-refractivity contribution is 7.99. The first kappa shape index (κ1) is 13.3. The smallest absolute Gasteiger partial charge is 0.262 e. The van der Waals surface area contributed by atoms with Crippen molar-refractivity contribution in [3.63, 3.8) is 0 Å². The summed E-state index contributed by atoms with van der Waals surface area (Å²) in [6, 6.07) is 8.43. The molecule has 0 saturated heterocycles. The van der Waals surface area contributed by atoms with Gasteiger partial charge in [-0.1, -0.05) is 12.1 Å². The van der Waals surface area contributed by atoms with Crippen LogP contribution >= 0.6 is 23.1 Å². The van der Waals surface area contributed by atoms with E-state index in [4.69, 9.17) is 0 Å². The minimum Gasteiger partial charge on any atom is -0.298 e. The minimum absolute atomic E-state index is 0.0367. The van der Waals surface area contributed by atoms with E-state index in [1.165, 1.54) is 29.2 Å². The molecule has 0 amide bonds. The summed E-state index contributed by atoms with van der Waals surface area (Å²) in [6.45, 7) is 0.511. The Kier molecular flexibility index (Phi) is 3.84. The summed E-state index contributed by atoms with van der Waals surface area (Å²) >= 11 is 2.85. The molecule has 0 spiro atoms. The highest BCUT2D eigenvalue weighted by Gasteiger charge is 2.06. The number of nitrogens with zero attached hydrogens (tertiary/aromatic N) is 2. The first-order valence-corrected chi connectivity index (χ1v) is 7.92. The molecule has 0 N–H and O–H groups in total. The van der Waals surface area contributed by atoms with Crippen LogP contribution in [0.3, 0.4) is 0 Å². The number of fused-ring (bicyclic) bond motifs is 1. The van der Waals surface area contributed by atoms with Crippen molar-refractivity contribution >= 4 is 33.3 Å². The number of benzene rings is 1. The van der Waals surface area contributed by atoms with E-state index in [2.05, 4.69) is 4.98 Å². The molecule has 1 aromatic carbocycles. The molecule has 3 nitrogen and oxygen atoms in total. The van der Waals surface area contributed by atoms with Crippen molar-refractivity contribution < 1.29 is 4.39 Å². The number of hydrogen-bond acceptors (Lipinski definition) is 4. The van der Waals surface area contributed by atoms with E-state index in [0.717, 1.165) is 4.83 Å². The van der Waals surface area contributed by atoms with Gasteiger partial charge < -0.3 is 0 Å².